The van der Waals surface area contributed by atoms with Crippen LogP contribution in [-0.4, -0.2) is 42.9 Å². The molecule has 0 spiro atoms. The van der Waals surface area contributed by atoms with E-state index in [1.54, 1.807) is 0 Å². The molecule has 0 unspecified atom stereocenters. The summed E-state index contributed by atoms with van der Waals surface area (Å²) in [6, 6.07) is 0. The third-order valence-corrected chi connectivity index (χ3v) is 9.42. The molecular formula is C42H78N2O2. The summed E-state index contributed by atoms with van der Waals surface area (Å²) < 4.78 is 5.53. The Hall–Kier alpha value is -1.58. The molecule has 0 fully saturated rings. The van der Waals surface area contributed by atoms with Crippen LogP contribution in [0.2, 0.25) is 0 Å². The van der Waals surface area contributed by atoms with Crippen LogP contribution in [0.25, 0.3) is 0 Å². The van der Waals surface area contributed by atoms with Crippen molar-refractivity contribution in [3.8, 4) is 0 Å². The normalized spacial score (nSPS) is 13.4. The van der Waals surface area contributed by atoms with Gasteiger partial charge in [0, 0.05) is 25.9 Å². The first kappa shape index (κ1) is 42.4. The summed E-state index contributed by atoms with van der Waals surface area (Å²) in [4.78, 5) is 19.3. The first-order chi connectivity index (χ1) is 22.8. The molecule has 0 radical (unpaired) electrons. The average Bonchev–Trinajstić information content (AvgIpc) is 3.51. The molecule has 4 nitrogen and oxygen atoms in total. The van der Waals surface area contributed by atoms with E-state index in [2.05, 4.69) is 43.1 Å². The highest BCUT2D eigenvalue weighted by Crippen LogP contribution is 2.15. The van der Waals surface area contributed by atoms with Crippen molar-refractivity contribution in [2.45, 2.75) is 206 Å². The summed E-state index contributed by atoms with van der Waals surface area (Å²) in [5.41, 5.74) is 0. The minimum absolute atomic E-state index is 0.0165. The molecule has 1 rings (SSSR count). The fourth-order valence-corrected chi connectivity index (χ4v) is 6.39. The van der Waals surface area contributed by atoms with Crippen LogP contribution in [0.3, 0.4) is 0 Å². The molecule has 0 saturated carbocycles. The van der Waals surface area contributed by atoms with Gasteiger partial charge in [-0.05, 0) is 70.6 Å². The first-order valence-corrected chi connectivity index (χ1v) is 20.5. The second-order valence-electron chi connectivity index (χ2n) is 13.9. The zero-order valence-electron chi connectivity index (χ0n) is 31.1. The molecule has 46 heavy (non-hydrogen) atoms. The summed E-state index contributed by atoms with van der Waals surface area (Å²) in [5.74, 6) is 1.27. The molecule has 0 aromatic carbocycles. The number of esters is 1. The van der Waals surface area contributed by atoms with Gasteiger partial charge in [-0.15, -0.1) is 0 Å². The zero-order chi connectivity index (χ0) is 33.0. The van der Waals surface area contributed by atoms with Crippen molar-refractivity contribution in [3.63, 3.8) is 0 Å². The predicted octanol–water partition coefficient (Wildman–Crippen LogP) is 13.1. The van der Waals surface area contributed by atoms with Crippen LogP contribution in [0.5, 0.6) is 0 Å². The van der Waals surface area contributed by atoms with Crippen LogP contribution >= 0.6 is 0 Å². The lowest BCUT2D eigenvalue weighted by atomic mass is 10.1. The van der Waals surface area contributed by atoms with Gasteiger partial charge in [0.2, 0.25) is 0 Å². The van der Waals surface area contributed by atoms with Crippen molar-refractivity contribution in [1.29, 1.82) is 0 Å². The van der Waals surface area contributed by atoms with E-state index in [1.165, 1.54) is 166 Å². The van der Waals surface area contributed by atoms with E-state index in [1.807, 2.05) is 0 Å². The fourth-order valence-electron chi connectivity index (χ4n) is 6.39. The van der Waals surface area contributed by atoms with Gasteiger partial charge >= 0.3 is 5.97 Å². The van der Waals surface area contributed by atoms with Crippen LogP contribution in [0.15, 0.2) is 29.3 Å². The molecule has 0 aromatic rings. The van der Waals surface area contributed by atoms with Crippen LogP contribution in [-0.2, 0) is 9.53 Å². The van der Waals surface area contributed by atoms with Crippen molar-refractivity contribution in [2.75, 3.05) is 26.2 Å². The predicted molar refractivity (Wildman–Crippen MR) is 203 cm³/mol. The van der Waals surface area contributed by atoms with Gasteiger partial charge in [0.25, 0.3) is 0 Å². The Morgan fingerprint density at radius 1 is 0.587 bits per heavy atom. The Kier molecular flexibility index (Phi) is 32.1. The maximum atomic E-state index is 12.1. The van der Waals surface area contributed by atoms with Gasteiger partial charge in [0.15, 0.2) is 0 Å². The number of carbonyl (C=O) groups excluding carboxylic acids is 1. The van der Waals surface area contributed by atoms with Crippen LogP contribution in [0.1, 0.15) is 206 Å². The number of allylic oxidation sites excluding steroid dienone is 4. The molecule has 4 heteroatoms. The molecule has 0 N–H and O–H groups in total. The third-order valence-electron chi connectivity index (χ3n) is 9.42. The van der Waals surface area contributed by atoms with Crippen LogP contribution < -0.4 is 0 Å². The molecule has 0 aromatic heterocycles. The monoisotopic (exact) mass is 643 g/mol. The highest BCUT2D eigenvalue weighted by Gasteiger charge is 2.16. The SMILES string of the molecule is CCCCCCCCC=CCCCCCCCCC1=NCCN1CCCOC(=O)CCCCCCCC=CCCCCCCCC. The smallest absolute Gasteiger partial charge is 0.305 e. The van der Waals surface area contributed by atoms with E-state index < -0.39 is 0 Å². The molecule has 0 saturated heterocycles. The van der Waals surface area contributed by atoms with Crippen molar-refractivity contribution >= 4 is 11.8 Å². The molecule has 268 valence electrons. The molecule has 1 heterocycles. The number of hydrogen-bond acceptors (Lipinski definition) is 4. The highest BCUT2D eigenvalue weighted by molar-refractivity contribution is 5.83. The summed E-state index contributed by atoms with van der Waals surface area (Å²) in [6.07, 6.45) is 47.7. The van der Waals surface area contributed by atoms with Gasteiger partial charge in [-0.3, -0.25) is 9.79 Å². The summed E-state index contributed by atoms with van der Waals surface area (Å²) in [5, 5.41) is 0. The number of rotatable bonds is 35. The lowest BCUT2D eigenvalue weighted by Crippen LogP contribution is -2.29. The lowest BCUT2D eigenvalue weighted by Gasteiger charge is -2.20. The van der Waals surface area contributed by atoms with Gasteiger partial charge in [0.05, 0.1) is 19.0 Å². The molecule has 1 aliphatic heterocycles. The number of amidine groups is 1. The van der Waals surface area contributed by atoms with Gasteiger partial charge < -0.3 is 9.64 Å². The quantitative estimate of drug-likeness (QED) is 0.0392. The van der Waals surface area contributed by atoms with Gasteiger partial charge in [-0.25, -0.2) is 0 Å². The summed E-state index contributed by atoms with van der Waals surface area (Å²) in [7, 11) is 0. The molecular weight excluding hydrogens is 564 g/mol. The van der Waals surface area contributed by atoms with Crippen LogP contribution in [0, 0.1) is 0 Å². The number of unbranched alkanes of at least 4 members (excludes halogenated alkanes) is 23. The average molecular weight is 643 g/mol. The molecule has 1 aliphatic rings. The Labute approximate surface area is 287 Å². The molecule has 0 amide bonds. The zero-order valence-corrected chi connectivity index (χ0v) is 31.1. The van der Waals surface area contributed by atoms with Gasteiger partial charge in [-0.2, -0.15) is 0 Å². The number of carbonyl (C=O) groups is 1. The second-order valence-corrected chi connectivity index (χ2v) is 13.9. The maximum Gasteiger partial charge on any atom is 0.305 e. The van der Waals surface area contributed by atoms with Crippen molar-refractivity contribution in [2.24, 2.45) is 4.99 Å². The van der Waals surface area contributed by atoms with E-state index in [9.17, 15) is 4.79 Å². The van der Waals surface area contributed by atoms with Gasteiger partial charge in [-0.1, -0.05) is 147 Å². The van der Waals surface area contributed by atoms with E-state index in [4.69, 9.17) is 9.73 Å². The first-order valence-electron chi connectivity index (χ1n) is 20.5. The van der Waals surface area contributed by atoms with Crippen molar-refractivity contribution in [3.05, 3.63) is 24.3 Å². The van der Waals surface area contributed by atoms with E-state index >= 15 is 0 Å². The maximum absolute atomic E-state index is 12.1. The number of ether oxygens (including phenoxy) is 1. The standard InChI is InChI=1S/C42H78N2O2/c1-3-5-7-9-11-13-15-17-19-21-22-24-26-28-30-32-35-41-43-37-39-44(41)38-34-40-46-42(45)36-33-31-29-27-25-23-20-18-16-14-12-10-8-6-4-2/h17-20H,3-16,21-40H2,1-2H3. The molecule has 0 bridgehead atoms. The largest absolute Gasteiger partial charge is 0.466 e. The van der Waals surface area contributed by atoms with Gasteiger partial charge in [0.1, 0.15) is 0 Å². The Bertz CT molecular complexity index is 744. The van der Waals surface area contributed by atoms with Crippen molar-refractivity contribution < 1.29 is 9.53 Å². The number of hydrogen-bond donors (Lipinski definition) is 0. The number of nitrogens with zero attached hydrogens (tertiary/aromatic N) is 2. The Morgan fingerprint density at radius 3 is 1.52 bits per heavy atom. The summed E-state index contributed by atoms with van der Waals surface area (Å²) >= 11 is 0. The Balaban J connectivity index is 1.87. The molecule has 0 atom stereocenters. The second kappa shape index (κ2) is 34.7. The van der Waals surface area contributed by atoms with E-state index in [-0.39, 0.29) is 5.97 Å². The van der Waals surface area contributed by atoms with Crippen molar-refractivity contribution in [1.82, 2.24) is 4.90 Å². The minimum atomic E-state index is -0.0165. The van der Waals surface area contributed by atoms with E-state index in [0.29, 0.717) is 13.0 Å². The van der Waals surface area contributed by atoms with E-state index in [0.717, 1.165) is 45.3 Å². The lowest BCUT2D eigenvalue weighted by molar-refractivity contribution is -0.143. The highest BCUT2D eigenvalue weighted by atomic mass is 16.5. The minimum Gasteiger partial charge on any atom is -0.466 e. The fraction of sp³-hybridized carbons (Fsp3) is 0.857. The Morgan fingerprint density at radius 2 is 1.02 bits per heavy atom. The molecule has 0 aliphatic carbocycles. The topological polar surface area (TPSA) is 41.9 Å². The summed E-state index contributed by atoms with van der Waals surface area (Å²) in [6.45, 7) is 8.03. The van der Waals surface area contributed by atoms with Crippen LogP contribution in [0.4, 0.5) is 0 Å². The third kappa shape index (κ3) is 28.6. The number of aliphatic imine (C=N–C) groups is 1.